The van der Waals surface area contributed by atoms with E-state index in [2.05, 4.69) is 5.32 Å². The number of alkyl halides is 3. The Kier molecular flexibility index (Phi) is 4.48. The number of rotatable bonds is 4. The third kappa shape index (κ3) is 3.93. The molecule has 2 aromatic carbocycles. The third-order valence-electron chi connectivity index (χ3n) is 2.99. The second kappa shape index (κ2) is 6.19. The van der Waals surface area contributed by atoms with E-state index < -0.39 is 34.0 Å². The van der Waals surface area contributed by atoms with E-state index in [1.165, 1.54) is 6.07 Å². The van der Waals surface area contributed by atoms with Crippen molar-refractivity contribution in [1.82, 2.24) is 0 Å². The van der Waals surface area contributed by atoms with Crippen LogP contribution in [-0.4, -0.2) is 4.92 Å². The molecular formula is C14H9F5N2O2. The molecule has 0 atom stereocenters. The summed E-state index contributed by atoms with van der Waals surface area (Å²) in [5.41, 5.74) is -1.80. The monoisotopic (exact) mass is 332 g/mol. The third-order valence-corrected chi connectivity index (χ3v) is 2.99. The van der Waals surface area contributed by atoms with E-state index >= 15 is 0 Å². The molecule has 0 aliphatic heterocycles. The van der Waals surface area contributed by atoms with E-state index in [1.54, 1.807) is 0 Å². The molecule has 0 aliphatic carbocycles. The Morgan fingerprint density at radius 1 is 1.04 bits per heavy atom. The first-order chi connectivity index (χ1) is 10.7. The van der Waals surface area contributed by atoms with Gasteiger partial charge >= 0.3 is 6.18 Å². The van der Waals surface area contributed by atoms with Crippen molar-refractivity contribution in [3.05, 3.63) is 69.3 Å². The maximum atomic E-state index is 13.1. The molecule has 9 heteroatoms. The zero-order chi connectivity index (χ0) is 17.2. The summed E-state index contributed by atoms with van der Waals surface area (Å²) in [6.07, 6.45) is -4.70. The number of hydrogen-bond acceptors (Lipinski definition) is 3. The highest BCUT2D eigenvalue weighted by Gasteiger charge is 2.33. The standard InChI is InChI=1S/C14H9F5N2O2/c15-10-3-1-8(5-11(10)16)7-20-12-4-2-9(14(17,18)19)6-13(12)21(22)23/h1-6,20H,7H2. The smallest absolute Gasteiger partial charge is 0.375 e. The minimum atomic E-state index is -4.70. The highest BCUT2D eigenvalue weighted by atomic mass is 19.4. The number of benzene rings is 2. The summed E-state index contributed by atoms with van der Waals surface area (Å²) in [6, 6.07) is 5.04. The van der Waals surface area contributed by atoms with Crippen LogP contribution < -0.4 is 5.32 Å². The van der Waals surface area contributed by atoms with E-state index in [4.69, 9.17) is 0 Å². The largest absolute Gasteiger partial charge is 0.416 e. The average molecular weight is 332 g/mol. The summed E-state index contributed by atoms with van der Waals surface area (Å²) in [5, 5.41) is 13.4. The summed E-state index contributed by atoms with van der Waals surface area (Å²) in [7, 11) is 0. The lowest BCUT2D eigenvalue weighted by Gasteiger charge is -2.11. The van der Waals surface area contributed by atoms with Gasteiger partial charge in [0.05, 0.1) is 10.5 Å². The van der Waals surface area contributed by atoms with Crippen LogP contribution in [0.3, 0.4) is 0 Å². The molecule has 0 fully saturated rings. The van der Waals surface area contributed by atoms with Crippen LogP contribution in [0.5, 0.6) is 0 Å². The molecule has 122 valence electrons. The van der Waals surface area contributed by atoms with Gasteiger partial charge in [-0.15, -0.1) is 0 Å². The van der Waals surface area contributed by atoms with Crippen molar-refractivity contribution < 1.29 is 26.9 Å². The van der Waals surface area contributed by atoms with Crippen LogP contribution in [0.2, 0.25) is 0 Å². The molecule has 23 heavy (non-hydrogen) atoms. The molecule has 1 N–H and O–H groups in total. The Hall–Kier alpha value is -2.71. The van der Waals surface area contributed by atoms with Gasteiger partial charge in [-0.2, -0.15) is 13.2 Å². The summed E-state index contributed by atoms with van der Waals surface area (Å²) >= 11 is 0. The summed E-state index contributed by atoms with van der Waals surface area (Å²) in [5.74, 6) is -2.14. The van der Waals surface area contributed by atoms with Gasteiger partial charge in [0.2, 0.25) is 0 Å². The quantitative estimate of drug-likeness (QED) is 0.509. The lowest BCUT2D eigenvalue weighted by molar-refractivity contribution is -0.384. The lowest BCUT2D eigenvalue weighted by Crippen LogP contribution is -2.08. The van der Waals surface area contributed by atoms with Gasteiger partial charge in [0.15, 0.2) is 11.6 Å². The van der Waals surface area contributed by atoms with Crippen LogP contribution in [0.4, 0.5) is 33.3 Å². The Labute approximate surface area is 126 Å². The van der Waals surface area contributed by atoms with Gasteiger partial charge < -0.3 is 5.32 Å². The molecule has 0 saturated heterocycles. The molecule has 4 nitrogen and oxygen atoms in total. The molecule has 2 rings (SSSR count). The Morgan fingerprint density at radius 2 is 1.74 bits per heavy atom. The van der Waals surface area contributed by atoms with E-state index in [-0.39, 0.29) is 17.8 Å². The highest BCUT2D eigenvalue weighted by molar-refractivity contribution is 5.63. The fraction of sp³-hybridized carbons (Fsp3) is 0.143. The second-order valence-corrected chi connectivity index (χ2v) is 4.59. The Balaban J connectivity index is 2.25. The van der Waals surface area contributed by atoms with Crippen molar-refractivity contribution in [1.29, 1.82) is 0 Å². The zero-order valence-electron chi connectivity index (χ0n) is 11.3. The number of nitro benzene ring substituents is 1. The Morgan fingerprint density at radius 3 is 2.30 bits per heavy atom. The minimum absolute atomic E-state index is 0.122. The van der Waals surface area contributed by atoms with Crippen LogP contribution >= 0.6 is 0 Å². The number of halogens is 5. The summed E-state index contributed by atoms with van der Waals surface area (Å²) in [4.78, 5) is 9.94. The van der Waals surface area contributed by atoms with Crippen molar-refractivity contribution in [3.63, 3.8) is 0 Å². The average Bonchev–Trinajstić information content (AvgIpc) is 2.47. The van der Waals surface area contributed by atoms with Crippen molar-refractivity contribution in [2.24, 2.45) is 0 Å². The molecule has 0 aliphatic rings. The molecule has 0 aromatic heterocycles. The maximum Gasteiger partial charge on any atom is 0.416 e. The molecule has 0 heterocycles. The SMILES string of the molecule is O=[N+]([O-])c1cc(C(F)(F)F)ccc1NCc1ccc(F)c(F)c1. The lowest BCUT2D eigenvalue weighted by atomic mass is 10.1. The first-order valence-electron chi connectivity index (χ1n) is 6.22. The van der Waals surface area contributed by atoms with E-state index in [9.17, 15) is 32.1 Å². The Bertz CT molecular complexity index is 746. The van der Waals surface area contributed by atoms with Gasteiger partial charge in [-0.3, -0.25) is 10.1 Å². The van der Waals surface area contributed by atoms with E-state index in [1.807, 2.05) is 0 Å². The number of hydrogen-bond donors (Lipinski definition) is 1. The van der Waals surface area contributed by atoms with Crippen molar-refractivity contribution in [2.75, 3.05) is 5.32 Å². The highest BCUT2D eigenvalue weighted by Crippen LogP contribution is 2.35. The predicted octanol–water partition coefficient (Wildman–Crippen LogP) is 4.50. The van der Waals surface area contributed by atoms with Gasteiger partial charge in [0.1, 0.15) is 5.69 Å². The molecule has 2 aromatic rings. The summed E-state index contributed by atoms with van der Waals surface area (Å²) < 4.78 is 63.6. The van der Waals surface area contributed by atoms with Crippen molar-refractivity contribution in [3.8, 4) is 0 Å². The predicted molar refractivity (Wildman–Crippen MR) is 71.8 cm³/mol. The number of anilines is 1. The zero-order valence-corrected chi connectivity index (χ0v) is 11.3. The van der Waals surface area contributed by atoms with Gasteiger partial charge in [-0.1, -0.05) is 6.07 Å². The fourth-order valence-electron chi connectivity index (χ4n) is 1.86. The van der Waals surface area contributed by atoms with Crippen LogP contribution in [0.25, 0.3) is 0 Å². The molecule has 0 amide bonds. The van der Waals surface area contributed by atoms with Gasteiger partial charge in [-0.05, 0) is 29.8 Å². The first kappa shape index (κ1) is 16.7. The van der Waals surface area contributed by atoms with Gasteiger partial charge in [0, 0.05) is 12.6 Å². The van der Waals surface area contributed by atoms with Crippen LogP contribution in [-0.2, 0) is 12.7 Å². The van der Waals surface area contributed by atoms with Crippen LogP contribution in [0.15, 0.2) is 36.4 Å². The fourth-order valence-corrected chi connectivity index (χ4v) is 1.86. The number of nitro groups is 1. The van der Waals surface area contributed by atoms with Crippen molar-refractivity contribution >= 4 is 11.4 Å². The van der Waals surface area contributed by atoms with Crippen LogP contribution in [0.1, 0.15) is 11.1 Å². The molecule has 0 spiro atoms. The minimum Gasteiger partial charge on any atom is -0.375 e. The molecule has 0 unspecified atom stereocenters. The number of nitrogens with one attached hydrogen (secondary N) is 1. The number of nitrogens with zero attached hydrogens (tertiary/aromatic N) is 1. The van der Waals surface area contributed by atoms with Crippen molar-refractivity contribution in [2.45, 2.75) is 12.7 Å². The summed E-state index contributed by atoms with van der Waals surface area (Å²) in [6.45, 7) is -0.122. The normalized spacial score (nSPS) is 11.3. The molecule has 0 bridgehead atoms. The molecule has 0 saturated carbocycles. The van der Waals surface area contributed by atoms with Crippen LogP contribution in [0, 0.1) is 21.7 Å². The second-order valence-electron chi connectivity index (χ2n) is 4.59. The van der Waals surface area contributed by atoms with Gasteiger partial charge in [0.25, 0.3) is 5.69 Å². The van der Waals surface area contributed by atoms with Gasteiger partial charge in [-0.25, -0.2) is 8.78 Å². The van der Waals surface area contributed by atoms with E-state index in [0.29, 0.717) is 12.1 Å². The maximum absolute atomic E-state index is 13.1. The first-order valence-corrected chi connectivity index (χ1v) is 6.22. The van der Waals surface area contributed by atoms with E-state index in [0.717, 1.165) is 18.2 Å². The molecular weight excluding hydrogens is 323 g/mol. The molecule has 0 radical (unpaired) electrons. The topological polar surface area (TPSA) is 55.2 Å².